The molecule has 2 aromatic rings. The average Bonchev–Trinajstić information content (AvgIpc) is 2.51. The van der Waals surface area contributed by atoms with Crippen molar-refractivity contribution in [1.29, 1.82) is 0 Å². The summed E-state index contributed by atoms with van der Waals surface area (Å²) in [4.78, 5) is 0. The third-order valence-corrected chi connectivity index (χ3v) is 4.91. The molecular weight excluding hydrogens is 334 g/mol. The van der Waals surface area contributed by atoms with Gasteiger partial charge in [0.25, 0.3) is 0 Å². The summed E-state index contributed by atoms with van der Waals surface area (Å²) in [5, 5.41) is 3.52. The van der Waals surface area contributed by atoms with Crippen LogP contribution in [0.5, 0.6) is 0 Å². The first-order valence-corrected chi connectivity index (χ1v) is 9.02. The second kappa shape index (κ2) is 8.38. The predicted octanol–water partition coefficient (Wildman–Crippen LogP) is 6.93. The van der Waals surface area contributed by atoms with Crippen molar-refractivity contribution < 1.29 is 0 Å². The summed E-state index contributed by atoms with van der Waals surface area (Å²) in [5.41, 5.74) is 6.27. The van der Waals surface area contributed by atoms with E-state index in [-0.39, 0.29) is 0 Å². The molecule has 0 aliphatic rings. The van der Waals surface area contributed by atoms with Crippen LogP contribution in [-0.4, -0.2) is 0 Å². The summed E-state index contributed by atoms with van der Waals surface area (Å²) in [7, 11) is 0. The molecule has 0 saturated carbocycles. The number of anilines is 2. The van der Waals surface area contributed by atoms with Crippen molar-refractivity contribution in [3.05, 3.63) is 57.6 Å². The van der Waals surface area contributed by atoms with E-state index in [1.54, 1.807) is 0 Å². The Morgan fingerprint density at radius 3 is 2.32 bits per heavy atom. The lowest BCUT2D eigenvalue weighted by molar-refractivity contribution is 0.667. The molecule has 0 saturated heterocycles. The normalized spacial score (nSPS) is 10.7. The van der Waals surface area contributed by atoms with Crippen LogP contribution in [0.15, 0.2) is 40.9 Å². The molecule has 22 heavy (non-hydrogen) atoms. The van der Waals surface area contributed by atoms with E-state index in [2.05, 4.69) is 78.4 Å². The lowest BCUT2D eigenvalue weighted by Crippen LogP contribution is -1.95. The van der Waals surface area contributed by atoms with E-state index in [0.717, 1.165) is 10.2 Å². The van der Waals surface area contributed by atoms with Gasteiger partial charge in [-0.2, -0.15) is 0 Å². The van der Waals surface area contributed by atoms with Crippen LogP contribution in [0.25, 0.3) is 0 Å². The lowest BCUT2D eigenvalue weighted by atomic mass is 10.1. The van der Waals surface area contributed by atoms with Crippen molar-refractivity contribution in [2.45, 2.75) is 52.9 Å². The topological polar surface area (TPSA) is 12.0 Å². The van der Waals surface area contributed by atoms with Crippen molar-refractivity contribution in [1.82, 2.24) is 0 Å². The molecule has 0 bridgehead atoms. The lowest BCUT2D eigenvalue weighted by Gasteiger charge is -2.12. The summed E-state index contributed by atoms with van der Waals surface area (Å²) in [5.74, 6) is 0. The zero-order valence-electron chi connectivity index (χ0n) is 13.9. The van der Waals surface area contributed by atoms with Gasteiger partial charge in [-0.05, 0) is 67.6 Å². The van der Waals surface area contributed by atoms with Crippen molar-refractivity contribution in [2.24, 2.45) is 0 Å². The van der Waals surface area contributed by atoms with Crippen LogP contribution in [0.2, 0.25) is 0 Å². The van der Waals surface area contributed by atoms with Crippen LogP contribution in [0.1, 0.15) is 49.3 Å². The minimum atomic E-state index is 1.15. The number of benzene rings is 2. The quantitative estimate of drug-likeness (QED) is 0.528. The van der Waals surface area contributed by atoms with Crippen molar-refractivity contribution in [3.63, 3.8) is 0 Å². The fourth-order valence-corrected chi connectivity index (χ4v) is 3.04. The van der Waals surface area contributed by atoms with E-state index < -0.39 is 0 Å². The van der Waals surface area contributed by atoms with Gasteiger partial charge in [0.15, 0.2) is 0 Å². The third-order valence-electron chi connectivity index (χ3n) is 4.06. The second-order valence-corrected chi connectivity index (χ2v) is 6.90. The van der Waals surface area contributed by atoms with Crippen LogP contribution in [-0.2, 0) is 6.42 Å². The van der Waals surface area contributed by atoms with Crippen LogP contribution >= 0.6 is 15.9 Å². The highest BCUT2D eigenvalue weighted by Crippen LogP contribution is 2.27. The molecule has 0 heterocycles. The van der Waals surface area contributed by atoms with E-state index >= 15 is 0 Å². The van der Waals surface area contributed by atoms with Gasteiger partial charge in [0.1, 0.15) is 0 Å². The summed E-state index contributed by atoms with van der Waals surface area (Å²) in [6, 6.07) is 13.2. The number of rotatable bonds is 7. The van der Waals surface area contributed by atoms with Gasteiger partial charge in [-0.15, -0.1) is 0 Å². The van der Waals surface area contributed by atoms with Crippen LogP contribution in [0.4, 0.5) is 11.4 Å². The highest BCUT2D eigenvalue weighted by atomic mass is 79.9. The van der Waals surface area contributed by atoms with Crippen LogP contribution in [0, 0.1) is 13.8 Å². The number of halogens is 1. The molecule has 0 fully saturated rings. The third kappa shape index (κ3) is 4.88. The monoisotopic (exact) mass is 359 g/mol. The molecule has 0 aromatic heterocycles. The predicted molar refractivity (Wildman–Crippen MR) is 101 cm³/mol. The Kier molecular flexibility index (Phi) is 6.50. The molecule has 0 unspecified atom stereocenters. The fourth-order valence-electron chi connectivity index (χ4n) is 2.58. The summed E-state index contributed by atoms with van der Waals surface area (Å²) < 4.78 is 1.16. The largest absolute Gasteiger partial charge is 0.355 e. The van der Waals surface area contributed by atoms with E-state index in [0.29, 0.717) is 0 Å². The SMILES string of the molecule is CCCCCCc1ccc(Nc2cc(C)c(Br)cc2C)cc1. The van der Waals surface area contributed by atoms with Gasteiger partial charge in [0.2, 0.25) is 0 Å². The maximum atomic E-state index is 3.58. The Morgan fingerprint density at radius 2 is 1.64 bits per heavy atom. The Balaban J connectivity index is 1.98. The van der Waals surface area contributed by atoms with Gasteiger partial charge in [0, 0.05) is 15.8 Å². The van der Waals surface area contributed by atoms with Crippen molar-refractivity contribution in [3.8, 4) is 0 Å². The number of hydrogen-bond donors (Lipinski definition) is 1. The molecule has 0 aliphatic heterocycles. The van der Waals surface area contributed by atoms with Gasteiger partial charge < -0.3 is 5.32 Å². The first kappa shape index (κ1) is 17.1. The first-order valence-electron chi connectivity index (χ1n) is 8.23. The second-order valence-electron chi connectivity index (χ2n) is 6.05. The summed E-state index contributed by atoms with van der Waals surface area (Å²) in [6.07, 6.45) is 6.48. The molecule has 0 aliphatic carbocycles. The van der Waals surface area contributed by atoms with Crippen molar-refractivity contribution in [2.75, 3.05) is 5.32 Å². The maximum absolute atomic E-state index is 3.58. The molecule has 118 valence electrons. The molecule has 0 amide bonds. The van der Waals surface area contributed by atoms with Crippen LogP contribution in [0.3, 0.4) is 0 Å². The fraction of sp³-hybridized carbons (Fsp3) is 0.400. The Bertz CT molecular complexity index is 602. The highest BCUT2D eigenvalue weighted by molar-refractivity contribution is 9.10. The standard InChI is InChI=1S/C20H26BrN/c1-4-5-6-7-8-17-9-11-18(12-10-17)22-20-14-15(2)19(21)13-16(20)3/h9-14,22H,4-8H2,1-3H3. The minimum Gasteiger partial charge on any atom is -0.355 e. The summed E-state index contributed by atoms with van der Waals surface area (Å²) in [6.45, 7) is 6.51. The molecule has 2 rings (SSSR count). The maximum Gasteiger partial charge on any atom is 0.0417 e. The molecule has 0 atom stereocenters. The number of hydrogen-bond acceptors (Lipinski definition) is 1. The molecule has 0 radical (unpaired) electrons. The van der Waals surface area contributed by atoms with Crippen molar-refractivity contribution >= 4 is 27.3 Å². The summed E-state index contributed by atoms with van der Waals surface area (Å²) >= 11 is 3.58. The molecular formula is C20H26BrN. The Hall–Kier alpha value is -1.28. The van der Waals surface area contributed by atoms with Gasteiger partial charge in [0.05, 0.1) is 0 Å². The number of aryl methyl sites for hydroxylation is 3. The van der Waals surface area contributed by atoms with E-state index in [9.17, 15) is 0 Å². The number of unbranched alkanes of at least 4 members (excludes halogenated alkanes) is 3. The van der Waals surface area contributed by atoms with Gasteiger partial charge in [-0.1, -0.05) is 54.2 Å². The number of nitrogens with one attached hydrogen (secondary N) is 1. The average molecular weight is 360 g/mol. The molecule has 2 heteroatoms. The smallest absolute Gasteiger partial charge is 0.0417 e. The van der Waals surface area contributed by atoms with Gasteiger partial charge in [-0.3, -0.25) is 0 Å². The van der Waals surface area contributed by atoms with E-state index in [1.165, 1.54) is 54.5 Å². The zero-order valence-corrected chi connectivity index (χ0v) is 15.5. The zero-order chi connectivity index (χ0) is 15.9. The van der Waals surface area contributed by atoms with E-state index in [1.807, 2.05) is 0 Å². The Morgan fingerprint density at radius 1 is 0.909 bits per heavy atom. The van der Waals surface area contributed by atoms with Crippen LogP contribution < -0.4 is 5.32 Å². The molecule has 0 spiro atoms. The van der Waals surface area contributed by atoms with Gasteiger partial charge >= 0.3 is 0 Å². The molecule has 1 N–H and O–H groups in total. The Labute approximate surface area is 143 Å². The van der Waals surface area contributed by atoms with E-state index in [4.69, 9.17) is 0 Å². The first-order chi connectivity index (χ1) is 10.6. The minimum absolute atomic E-state index is 1.15. The molecule has 1 nitrogen and oxygen atoms in total. The highest BCUT2D eigenvalue weighted by Gasteiger charge is 2.03. The molecule has 2 aromatic carbocycles. The van der Waals surface area contributed by atoms with Gasteiger partial charge in [-0.25, -0.2) is 0 Å².